The molecule has 20 heavy (non-hydrogen) atoms. The molecular weight excluding hydrogens is 264 g/mol. The van der Waals surface area contributed by atoms with Crippen LogP contribution in [0.2, 0.25) is 0 Å². The highest BCUT2D eigenvalue weighted by molar-refractivity contribution is 7.11. The van der Waals surface area contributed by atoms with Crippen molar-refractivity contribution >= 4 is 11.3 Å². The van der Waals surface area contributed by atoms with Crippen LogP contribution >= 0.6 is 11.3 Å². The molecule has 0 saturated carbocycles. The first-order chi connectivity index (χ1) is 9.60. The fourth-order valence-electron chi connectivity index (χ4n) is 3.28. The van der Waals surface area contributed by atoms with Gasteiger partial charge in [0.15, 0.2) is 0 Å². The quantitative estimate of drug-likeness (QED) is 0.864. The van der Waals surface area contributed by atoms with E-state index in [0.717, 1.165) is 19.3 Å². The standard InChI is InChI=1S/C17H30N2S/c1-4-14-9-10-15(20-14)13-16(18)17(3,5-2)19-11-7-6-8-12-19/h9-10,16H,4-8,11-13,18H2,1-3H3. The molecule has 0 aliphatic carbocycles. The van der Waals surface area contributed by atoms with Crippen molar-refractivity contribution in [3.63, 3.8) is 0 Å². The zero-order chi connectivity index (χ0) is 14.6. The van der Waals surface area contributed by atoms with E-state index in [-0.39, 0.29) is 11.6 Å². The largest absolute Gasteiger partial charge is 0.326 e. The second-order valence-corrected chi connectivity index (χ2v) is 7.54. The van der Waals surface area contributed by atoms with Gasteiger partial charge in [-0.15, -0.1) is 11.3 Å². The Hall–Kier alpha value is -0.380. The maximum atomic E-state index is 6.64. The molecule has 2 rings (SSSR count). The first-order valence-corrected chi connectivity index (χ1v) is 9.00. The van der Waals surface area contributed by atoms with Crippen molar-refractivity contribution < 1.29 is 0 Å². The molecule has 0 aromatic carbocycles. The van der Waals surface area contributed by atoms with Crippen LogP contribution in [-0.4, -0.2) is 29.6 Å². The fourth-order valence-corrected chi connectivity index (χ4v) is 4.30. The summed E-state index contributed by atoms with van der Waals surface area (Å²) in [5.41, 5.74) is 6.79. The second kappa shape index (κ2) is 7.06. The van der Waals surface area contributed by atoms with E-state index in [0.29, 0.717) is 0 Å². The molecule has 2 heterocycles. The summed E-state index contributed by atoms with van der Waals surface area (Å²) in [4.78, 5) is 5.57. The minimum Gasteiger partial charge on any atom is -0.326 e. The van der Waals surface area contributed by atoms with Gasteiger partial charge in [-0.25, -0.2) is 0 Å². The Labute approximate surface area is 128 Å². The van der Waals surface area contributed by atoms with Gasteiger partial charge in [0.1, 0.15) is 0 Å². The lowest BCUT2D eigenvalue weighted by Gasteiger charge is -2.46. The molecule has 1 saturated heterocycles. The normalized spacial score (nSPS) is 21.6. The SMILES string of the molecule is CCc1ccc(CC(N)C(C)(CC)N2CCCCC2)s1. The predicted octanol–water partition coefficient (Wildman–Crippen LogP) is 3.83. The van der Waals surface area contributed by atoms with E-state index >= 15 is 0 Å². The highest BCUT2D eigenvalue weighted by atomic mass is 32.1. The lowest BCUT2D eigenvalue weighted by Crippen LogP contribution is -2.59. The highest BCUT2D eigenvalue weighted by Gasteiger charge is 2.36. The monoisotopic (exact) mass is 294 g/mol. The van der Waals surface area contributed by atoms with E-state index in [1.165, 1.54) is 42.1 Å². The number of piperidine rings is 1. The summed E-state index contributed by atoms with van der Waals surface area (Å²) in [6.45, 7) is 9.34. The number of aryl methyl sites for hydroxylation is 1. The molecule has 0 amide bonds. The zero-order valence-electron chi connectivity index (χ0n) is 13.3. The van der Waals surface area contributed by atoms with Crippen molar-refractivity contribution in [1.29, 1.82) is 0 Å². The Morgan fingerprint density at radius 2 is 1.85 bits per heavy atom. The van der Waals surface area contributed by atoms with E-state index in [9.17, 15) is 0 Å². The van der Waals surface area contributed by atoms with Crippen molar-refractivity contribution in [2.75, 3.05) is 13.1 Å². The van der Waals surface area contributed by atoms with Crippen LogP contribution < -0.4 is 5.73 Å². The molecule has 114 valence electrons. The molecule has 2 unspecified atom stereocenters. The fraction of sp³-hybridized carbons (Fsp3) is 0.765. The van der Waals surface area contributed by atoms with Crippen molar-refractivity contribution in [3.8, 4) is 0 Å². The van der Waals surface area contributed by atoms with Gasteiger partial charge in [-0.2, -0.15) is 0 Å². The maximum Gasteiger partial charge on any atom is 0.0333 e. The van der Waals surface area contributed by atoms with Gasteiger partial charge in [0.25, 0.3) is 0 Å². The molecule has 3 heteroatoms. The summed E-state index contributed by atoms with van der Waals surface area (Å²) in [7, 11) is 0. The first kappa shape index (κ1) is 16.0. The molecule has 1 aromatic rings. The lowest BCUT2D eigenvalue weighted by molar-refractivity contribution is 0.0548. The third kappa shape index (κ3) is 3.44. The van der Waals surface area contributed by atoms with Crippen molar-refractivity contribution in [3.05, 3.63) is 21.9 Å². The summed E-state index contributed by atoms with van der Waals surface area (Å²) in [5.74, 6) is 0. The van der Waals surface area contributed by atoms with Crippen LogP contribution in [0.1, 0.15) is 56.2 Å². The summed E-state index contributed by atoms with van der Waals surface area (Å²) in [6, 6.07) is 4.76. The highest BCUT2D eigenvalue weighted by Crippen LogP contribution is 2.29. The zero-order valence-corrected chi connectivity index (χ0v) is 14.1. The van der Waals surface area contributed by atoms with E-state index in [2.05, 4.69) is 37.8 Å². The van der Waals surface area contributed by atoms with Crippen molar-refractivity contribution in [1.82, 2.24) is 4.90 Å². The van der Waals surface area contributed by atoms with Gasteiger partial charge in [0.05, 0.1) is 0 Å². The van der Waals surface area contributed by atoms with Crippen LogP contribution in [0.4, 0.5) is 0 Å². The summed E-state index contributed by atoms with van der Waals surface area (Å²) >= 11 is 1.94. The van der Waals surface area contributed by atoms with Crippen LogP contribution in [0.5, 0.6) is 0 Å². The number of nitrogens with zero attached hydrogens (tertiary/aromatic N) is 1. The Morgan fingerprint density at radius 1 is 1.20 bits per heavy atom. The number of rotatable bonds is 6. The number of likely N-dealkylation sites (tertiary alicyclic amines) is 1. The van der Waals surface area contributed by atoms with Gasteiger partial charge in [-0.1, -0.05) is 20.3 Å². The van der Waals surface area contributed by atoms with Crippen molar-refractivity contribution in [2.45, 2.75) is 70.9 Å². The number of hydrogen-bond donors (Lipinski definition) is 1. The molecule has 1 aliphatic heterocycles. The summed E-state index contributed by atoms with van der Waals surface area (Å²) in [5, 5.41) is 0. The molecule has 2 nitrogen and oxygen atoms in total. The van der Waals surface area contributed by atoms with Gasteiger partial charge in [-0.05, 0) is 64.3 Å². The molecule has 0 radical (unpaired) electrons. The molecule has 0 spiro atoms. The number of hydrogen-bond acceptors (Lipinski definition) is 3. The van der Waals surface area contributed by atoms with Gasteiger partial charge in [0.2, 0.25) is 0 Å². The van der Waals surface area contributed by atoms with E-state index in [4.69, 9.17) is 5.73 Å². The average Bonchev–Trinajstić information content (AvgIpc) is 2.94. The molecule has 1 aromatic heterocycles. The Morgan fingerprint density at radius 3 is 2.40 bits per heavy atom. The lowest BCUT2D eigenvalue weighted by atomic mass is 9.84. The van der Waals surface area contributed by atoms with Crippen LogP contribution in [-0.2, 0) is 12.8 Å². The molecular formula is C17H30N2S. The molecule has 1 aliphatic rings. The van der Waals surface area contributed by atoms with Gasteiger partial charge in [-0.3, -0.25) is 4.90 Å². The number of thiophene rings is 1. The number of nitrogens with two attached hydrogens (primary N) is 1. The minimum atomic E-state index is 0.150. The first-order valence-electron chi connectivity index (χ1n) is 8.18. The van der Waals surface area contributed by atoms with E-state index in [1.807, 2.05) is 11.3 Å². The van der Waals surface area contributed by atoms with Crippen LogP contribution in [0.15, 0.2) is 12.1 Å². The van der Waals surface area contributed by atoms with Gasteiger partial charge in [0, 0.05) is 21.3 Å². The second-order valence-electron chi connectivity index (χ2n) is 6.29. The van der Waals surface area contributed by atoms with Gasteiger partial charge >= 0.3 is 0 Å². The Kier molecular flexibility index (Phi) is 5.65. The summed E-state index contributed by atoms with van der Waals surface area (Å²) in [6.07, 6.45) is 7.35. The van der Waals surface area contributed by atoms with Crippen molar-refractivity contribution in [2.24, 2.45) is 5.73 Å². The van der Waals surface area contributed by atoms with Crippen LogP contribution in [0.3, 0.4) is 0 Å². The Bertz CT molecular complexity index is 409. The predicted molar refractivity (Wildman–Crippen MR) is 89.5 cm³/mol. The van der Waals surface area contributed by atoms with Crippen LogP contribution in [0.25, 0.3) is 0 Å². The molecule has 2 atom stereocenters. The third-order valence-corrected chi connectivity index (χ3v) is 6.33. The smallest absolute Gasteiger partial charge is 0.0333 e. The topological polar surface area (TPSA) is 29.3 Å². The maximum absolute atomic E-state index is 6.64. The minimum absolute atomic E-state index is 0.150. The third-order valence-electron chi connectivity index (χ3n) is 5.08. The van der Waals surface area contributed by atoms with Crippen LogP contribution in [0, 0.1) is 0 Å². The molecule has 1 fully saturated rings. The average molecular weight is 295 g/mol. The van der Waals surface area contributed by atoms with E-state index in [1.54, 1.807) is 0 Å². The van der Waals surface area contributed by atoms with Gasteiger partial charge < -0.3 is 5.73 Å². The summed E-state index contributed by atoms with van der Waals surface area (Å²) < 4.78 is 0. The Balaban J connectivity index is 2.04. The molecule has 0 bridgehead atoms. The molecule has 2 N–H and O–H groups in total. The van der Waals surface area contributed by atoms with E-state index < -0.39 is 0 Å².